The van der Waals surface area contributed by atoms with Gasteiger partial charge in [-0.05, 0) is 37.6 Å². The predicted octanol–water partition coefficient (Wildman–Crippen LogP) is 1.31. The number of anilines is 1. The van der Waals surface area contributed by atoms with Crippen LogP contribution in [0, 0.1) is 0 Å². The number of amides is 2. The second-order valence-corrected chi connectivity index (χ2v) is 8.05. The van der Waals surface area contributed by atoms with Gasteiger partial charge in [0.2, 0.25) is 0 Å². The van der Waals surface area contributed by atoms with E-state index in [0.717, 1.165) is 51.1 Å². The van der Waals surface area contributed by atoms with Gasteiger partial charge in [0.15, 0.2) is 5.69 Å². The van der Waals surface area contributed by atoms with Gasteiger partial charge in [-0.25, -0.2) is 0 Å². The summed E-state index contributed by atoms with van der Waals surface area (Å²) in [5.41, 5.74) is 2.37. The summed E-state index contributed by atoms with van der Waals surface area (Å²) in [6.45, 7) is 5.01. The highest BCUT2D eigenvalue weighted by Crippen LogP contribution is 2.21. The molecule has 1 aliphatic heterocycles. The molecule has 2 heterocycles. The van der Waals surface area contributed by atoms with Crippen LogP contribution in [0.25, 0.3) is 0 Å². The fourth-order valence-electron chi connectivity index (χ4n) is 3.50. The van der Waals surface area contributed by atoms with Gasteiger partial charge in [-0.1, -0.05) is 12.1 Å². The fourth-order valence-corrected chi connectivity index (χ4v) is 3.50. The number of hydrogen-bond donors (Lipinski definition) is 2. The van der Waals surface area contributed by atoms with E-state index < -0.39 is 0 Å². The topological polar surface area (TPSA) is 82.5 Å². The first kappa shape index (κ1) is 19.6. The highest BCUT2D eigenvalue weighted by atomic mass is 16.2. The normalized spacial score (nSPS) is 17.9. The second kappa shape index (κ2) is 8.34. The molecule has 29 heavy (non-hydrogen) atoms. The maximum atomic E-state index is 12.8. The third-order valence-electron chi connectivity index (χ3n) is 5.40. The van der Waals surface area contributed by atoms with Crippen molar-refractivity contribution < 1.29 is 9.59 Å². The molecule has 1 aliphatic carbocycles. The Morgan fingerprint density at radius 3 is 2.59 bits per heavy atom. The van der Waals surface area contributed by atoms with Crippen molar-refractivity contribution in [3.63, 3.8) is 0 Å². The first-order chi connectivity index (χ1) is 14.0. The Labute approximate surface area is 170 Å². The lowest BCUT2D eigenvalue weighted by Gasteiger charge is -2.32. The minimum Gasteiger partial charge on any atom is -0.348 e. The van der Waals surface area contributed by atoms with Crippen LogP contribution in [0.4, 0.5) is 5.69 Å². The fraction of sp³-hybridized carbons (Fsp3) is 0.476. The molecule has 2 aromatic rings. The Hall–Kier alpha value is -2.71. The molecule has 0 radical (unpaired) electrons. The minimum atomic E-state index is -0.243. The Balaban J connectivity index is 1.43. The summed E-state index contributed by atoms with van der Waals surface area (Å²) >= 11 is 0. The van der Waals surface area contributed by atoms with Crippen molar-refractivity contribution in [2.24, 2.45) is 7.05 Å². The van der Waals surface area contributed by atoms with Crippen LogP contribution in [0.1, 0.15) is 39.3 Å². The first-order valence-electron chi connectivity index (χ1n) is 10.1. The minimum absolute atomic E-state index is 0.235. The molecule has 1 saturated heterocycles. The first-order valence-corrected chi connectivity index (χ1v) is 10.1. The van der Waals surface area contributed by atoms with Gasteiger partial charge in [0.25, 0.3) is 11.8 Å². The van der Waals surface area contributed by atoms with Crippen molar-refractivity contribution in [1.29, 1.82) is 0 Å². The highest BCUT2D eigenvalue weighted by Gasteiger charge is 2.27. The van der Waals surface area contributed by atoms with Gasteiger partial charge in [-0.15, -0.1) is 0 Å². The van der Waals surface area contributed by atoms with Crippen LogP contribution in [-0.4, -0.2) is 70.7 Å². The lowest BCUT2D eigenvalue weighted by atomic mass is 10.1. The summed E-state index contributed by atoms with van der Waals surface area (Å²) in [5, 5.41) is 9.99. The lowest BCUT2D eigenvalue weighted by Crippen LogP contribution is -2.43. The number of aromatic nitrogens is 2. The molecule has 154 valence electrons. The molecular weight excluding hydrogens is 368 g/mol. The summed E-state index contributed by atoms with van der Waals surface area (Å²) in [7, 11) is 3.88. The molecule has 2 N–H and O–H groups in total. The number of likely N-dealkylation sites (N-methyl/N-ethyl adjacent to an activating group) is 1. The third kappa shape index (κ3) is 5.02. The summed E-state index contributed by atoms with van der Waals surface area (Å²) < 4.78 is 1.54. The number of carbonyl (C=O) groups is 2. The van der Waals surface area contributed by atoms with Crippen molar-refractivity contribution in [3.05, 3.63) is 47.3 Å². The molecule has 4 rings (SSSR count). The molecule has 1 aromatic heterocycles. The van der Waals surface area contributed by atoms with Crippen molar-refractivity contribution in [1.82, 2.24) is 24.9 Å². The van der Waals surface area contributed by atoms with Gasteiger partial charge in [-0.3, -0.25) is 19.2 Å². The third-order valence-corrected chi connectivity index (χ3v) is 5.40. The van der Waals surface area contributed by atoms with E-state index in [-0.39, 0.29) is 23.6 Å². The molecule has 8 nitrogen and oxygen atoms in total. The Kier molecular flexibility index (Phi) is 5.64. The van der Waals surface area contributed by atoms with Gasteiger partial charge >= 0.3 is 0 Å². The van der Waals surface area contributed by atoms with Crippen LogP contribution in [0.5, 0.6) is 0 Å². The van der Waals surface area contributed by atoms with E-state index in [2.05, 4.69) is 32.6 Å². The van der Waals surface area contributed by atoms with Crippen LogP contribution in [-0.2, 0) is 13.6 Å². The molecule has 0 spiro atoms. The van der Waals surface area contributed by atoms with Crippen molar-refractivity contribution >= 4 is 17.5 Å². The molecule has 2 amide bonds. The number of piperazine rings is 1. The van der Waals surface area contributed by atoms with E-state index in [4.69, 9.17) is 0 Å². The van der Waals surface area contributed by atoms with Gasteiger partial charge in [0.1, 0.15) is 0 Å². The maximum absolute atomic E-state index is 12.8. The van der Waals surface area contributed by atoms with Crippen LogP contribution in [0.3, 0.4) is 0 Å². The molecule has 2 fully saturated rings. The van der Waals surface area contributed by atoms with Gasteiger partial charge < -0.3 is 15.5 Å². The highest BCUT2D eigenvalue weighted by molar-refractivity contribution is 6.08. The van der Waals surface area contributed by atoms with E-state index in [1.807, 2.05) is 18.2 Å². The molecule has 1 aromatic carbocycles. The molecule has 0 atom stereocenters. The molecule has 8 heteroatoms. The lowest BCUT2D eigenvalue weighted by molar-refractivity contribution is 0.0946. The summed E-state index contributed by atoms with van der Waals surface area (Å²) in [6, 6.07) is 7.91. The summed E-state index contributed by atoms with van der Waals surface area (Å²) in [6.07, 6.45) is 3.66. The van der Waals surface area contributed by atoms with Gasteiger partial charge in [0, 0.05) is 57.6 Å². The van der Waals surface area contributed by atoms with E-state index in [9.17, 15) is 9.59 Å². The van der Waals surface area contributed by atoms with Crippen LogP contribution < -0.4 is 10.6 Å². The van der Waals surface area contributed by atoms with Crippen molar-refractivity contribution in [2.75, 3.05) is 38.5 Å². The predicted molar refractivity (Wildman–Crippen MR) is 111 cm³/mol. The molecule has 1 saturated carbocycles. The average molecular weight is 396 g/mol. The zero-order chi connectivity index (χ0) is 20.4. The van der Waals surface area contributed by atoms with E-state index in [1.54, 1.807) is 24.0 Å². The Bertz CT molecular complexity index is 896. The summed E-state index contributed by atoms with van der Waals surface area (Å²) in [4.78, 5) is 29.9. The number of rotatable bonds is 6. The monoisotopic (exact) mass is 396 g/mol. The number of benzene rings is 1. The summed E-state index contributed by atoms with van der Waals surface area (Å²) in [5.74, 6) is -0.481. The molecule has 2 aliphatic rings. The van der Waals surface area contributed by atoms with Crippen LogP contribution in [0.15, 0.2) is 30.5 Å². The van der Waals surface area contributed by atoms with Gasteiger partial charge in [0.05, 0.1) is 5.69 Å². The van der Waals surface area contributed by atoms with Gasteiger partial charge in [-0.2, -0.15) is 5.10 Å². The zero-order valence-electron chi connectivity index (χ0n) is 17.0. The number of carbonyl (C=O) groups excluding carboxylic acids is 2. The Morgan fingerprint density at radius 1 is 1.10 bits per heavy atom. The average Bonchev–Trinajstić information content (AvgIpc) is 3.44. The number of nitrogens with zero attached hydrogens (tertiary/aromatic N) is 4. The van der Waals surface area contributed by atoms with Crippen LogP contribution >= 0.6 is 0 Å². The second-order valence-electron chi connectivity index (χ2n) is 8.05. The molecule has 0 unspecified atom stereocenters. The zero-order valence-corrected chi connectivity index (χ0v) is 17.0. The van der Waals surface area contributed by atoms with Crippen molar-refractivity contribution in [3.8, 4) is 0 Å². The SMILES string of the molecule is CN1CCN(Cc2cccc(C(=O)Nc3cn(C)nc3C(=O)NC3CC3)c2)CC1. The standard InChI is InChI=1S/C21H28N6O2/c1-25-8-10-27(11-9-25)13-15-4-3-5-16(12-15)20(28)23-18-14-26(2)24-19(18)21(29)22-17-6-7-17/h3-5,12,14,17H,6-11,13H2,1-2H3,(H,22,29)(H,23,28). The Morgan fingerprint density at radius 2 is 1.86 bits per heavy atom. The van der Waals surface area contributed by atoms with E-state index in [0.29, 0.717) is 11.3 Å². The van der Waals surface area contributed by atoms with E-state index >= 15 is 0 Å². The quantitative estimate of drug-likeness (QED) is 0.769. The van der Waals surface area contributed by atoms with Crippen molar-refractivity contribution in [2.45, 2.75) is 25.4 Å². The molecule has 0 bridgehead atoms. The number of nitrogens with one attached hydrogen (secondary N) is 2. The smallest absolute Gasteiger partial charge is 0.274 e. The molecular formula is C21H28N6O2. The van der Waals surface area contributed by atoms with Crippen LogP contribution in [0.2, 0.25) is 0 Å². The number of hydrogen-bond acceptors (Lipinski definition) is 5. The maximum Gasteiger partial charge on any atom is 0.274 e. The number of aryl methyl sites for hydroxylation is 1. The largest absolute Gasteiger partial charge is 0.348 e. The van der Waals surface area contributed by atoms with E-state index in [1.165, 1.54) is 0 Å².